The number of rotatable bonds is 2. The van der Waals surface area contributed by atoms with Crippen molar-refractivity contribution in [1.29, 1.82) is 0 Å². The minimum absolute atomic E-state index is 0.192. The van der Waals surface area contributed by atoms with E-state index in [1.807, 2.05) is 6.92 Å². The molecule has 1 N–H and O–H groups in total. The lowest BCUT2D eigenvalue weighted by atomic mass is 10.2. The number of benzene rings is 1. The monoisotopic (exact) mass is 250 g/mol. The van der Waals surface area contributed by atoms with E-state index in [0.717, 1.165) is 5.56 Å². The van der Waals surface area contributed by atoms with E-state index in [-0.39, 0.29) is 11.7 Å². The van der Waals surface area contributed by atoms with Crippen molar-refractivity contribution < 1.29 is 9.21 Å². The van der Waals surface area contributed by atoms with Gasteiger partial charge in [0.2, 0.25) is 5.76 Å². The molecule has 1 heterocycles. The maximum absolute atomic E-state index is 11.8. The van der Waals surface area contributed by atoms with Crippen molar-refractivity contribution in [3.05, 3.63) is 46.6 Å². The Morgan fingerprint density at radius 1 is 1.41 bits per heavy atom. The summed E-state index contributed by atoms with van der Waals surface area (Å²) in [5.41, 5.74) is 1.59. The maximum atomic E-state index is 11.8. The van der Waals surface area contributed by atoms with Gasteiger partial charge in [0.25, 0.3) is 5.91 Å². The van der Waals surface area contributed by atoms with E-state index in [2.05, 4.69) is 10.3 Å². The first-order chi connectivity index (χ1) is 8.06. The third-order valence-electron chi connectivity index (χ3n) is 2.28. The smallest absolute Gasteiger partial charge is 0.293 e. The molecule has 88 valence electrons. The van der Waals surface area contributed by atoms with Gasteiger partial charge < -0.3 is 9.73 Å². The van der Waals surface area contributed by atoms with Gasteiger partial charge in [-0.1, -0.05) is 11.6 Å². The number of oxazole rings is 1. The zero-order valence-electron chi connectivity index (χ0n) is 9.45. The maximum Gasteiger partial charge on any atom is 0.293 e. The van der Waals surface area contributed by atoms with Crippen molar-refractivity contribution in [2.45, 2.75) is 13.8 Å². The molecule has 0 bridgehead atoms. The number of anilines is 1. The lowest BCUT2D eigenvalue weighted by Gasteiger charge is -2.06. The fourth-order valence-electron chi connectivity index (χ4n) is 1.42. The SMILES string of the molecule is Cc1ncc(C(=O)Nc2ccc(Cl)cc2C)o1. The number of nitrogens with one attached hydrogen (secondary N) is 1. The van der Waals surface area contributed by atoms with E-state index < -0.39 is 0 Å². The second-order valence-electron chi connectivity index (χ2n) is 3.66. The molecular weight excluding hydrogens is 240 g/mol. The number of hydrogen-bond donors (Lipinski definition) is 1. The zero-order valence-corrected chi connectivity index (χ0v) is 10.2. The van der Waals surface area contributed by atoms with Crippen LogP contribution in [0, 0.1) is 13.8 Å². The van der Waals surface area contributed by atoms with Crippen molar-refractivity contribution in [2.75, 3.05) is 5.32 Å². The van der Waals surface area contributed by atoms with Crippen LogP contribution >= 0.6 is 11.6 Å². The number of nitrogens with zero attached hydrogens (tertiary/aromatic N) is 1. The Hall–Kier alpha value is -1.81. The molecule has 0 aliphatic heterocycles. The molecular formula is C12H11ClN2O2. The van der Waals surface area contributed by atoms with Gasteiger partial charge in [0.15, 0.2) is 5.89 Å². The minimum atomic E-state index is -0.323. The number of carbonyl (C=O) groups is 1. The van der Waals surface area contributed by atoms with Gasteiger partial charge >= 0.3 is 0 Å². The van der Waals surface area contributed by atoms with Crippen LogP contribution in [0.25, 0.3) is 0 Å². The molecule has 0 unspecified atom stereocenters. The van der Waals surface area contributed by atoms with Crippen LogP contribution < -0.4 is 5.32 Å². The molecule has 0 aliphatic rings. The van der Waals surface area contributed by atoms with Crippen molar-refractivity contribution in [1.82, 2.24) is 4.98 Å². The number of aryl methyl sites for hydroxylation is 2. The molecule has 0 saturated carbocycles. The summed E-state index contributed by atoms with van der Waals surface area (Å²) in [6.07, 6.45) is 1.40. The number of carbonyl (C=O) groups excluding carboxylic acids is 1. The highest BCUT2D eigenvalue weighted by atomic mass is 35.5. The molecule has 5 heteroatoms. The van der Waals surface area contributed by atoms with Gasteiger partial charge in [-0.2, -0.15) is 0 Å². The second kappa shape index (κ2) is 4.59. The van der Waals surface area contributed by atoms with Gasteiger partial charge in [0.05, 0.1) is 6.20 Å². The highest BCUT2D eigenvalue weighted by Crippen LogP contribution is 2.20. The van der Waals surface area contributed by atoms with Crippen LogP contribution in [0.3, 0.4) is 0 Å². The van der Waals surface area contributed by atoms with Crippen molar-refractivity contribution in [3.8, 4) is 0 Å². The largest absolute Gasteiger partial charge is 0.436 e. The molecule has 0 spiro atoms. The first kappa shape index (κ1) is 11.7. The summed E-state index contributed by atoms with van der Waals surface area (Å²) in [7, 11) is 0. The van der Waals surface area contributed by atoms with Gasteiger partial charge in [-0.05, 0) is 30.7 Å². The summed E-state index contributed by atoms with van der Waals surface area (Å²) >= 11 is 5.83. The third-order valence-corrected chi connectivity index (χ3v) is 2.52. The fourth-order valence-corrected chi connectivity index (χ4v) is 1.64. The summed E-state index contributed by atoms with van der Waals surface area (Å²) in [6.45, 7) is 3.55. The van der Waals surface area contributed by atoms with Crippen LogP contribution in [0.4, 0.5) is 5.69 Å². The average Bonchev–Trinajstić information content (AvgIpc) is 2.69. The Bertz CT molecular complexity index is 563. The van der Waals surface area contributed by atoms with Crippen LogP contribution in [-0.4, -0.2) is 10.9 Å². The first-order valence-corrected chi connectivity index (χ1v) is 5.44. The lowest BCUT2D eigenvalue weighted by molar-refractivity contribution is 0.0995. The van der Waals surface area contributed by atoms with Crippen molar-refractivity contribution in [2.24, 2.45) is 0 Å². The molecule has 0 saturated heterocycles. The Kier molecular flexibility index (Phi) is 3.15. The average molecular weight is 251 g/mol. The van der Waals surface area contributed by atoms with Crippen LogP contribution in [0.15, 0.2) is 28.8 Å². The predicted molar refractivity (Wildman–Crippen MR) is 65.4 cm³/mol. The van der Waals surface area contributed by atoms with E-state index in [1.165, 1.54) is 6.20 Å². The molecule has 0 fully saturated rings. The topological polar surface area (TPSA) is 55.1 Å². The molecule has 17 heavy (non-hydrogen) atoms. The van der Waals surface area contributed by atoms with Crippen LogP contribution in [-0.2, 0) is 0 Å². The molecule has 1 amide bonds. The van der Waals surface area contributed by atoms with Gasteiger partial charge in [-0.15, -0.1) is 0 Å². The van der Waals surface area contributed by atoms with Gasteiger partial charge in [0.1, 0.15) is 0 Å². The molecule has 0 radical (unpaired) electrons. The number of hydrogen-bond acceptors (Lipinski definition) is 3. The van der Waals surface area contributed by atoms with E-state index in [0.29, 0.717) is 16.6 Å². The Balaban J connectivity index is 2.18. The van der Waals surface area contributed by atoms with Crippen LogP contribution in [0.2, 0.25) is 5.02 Å². The number of amides is 1. The molecule has 0 atom stereocenters. The number of halogens is 1. The van der Waals surface area contributed by atoms with Gasteiger partial charge in [0, 0.05) is 17.6 Å². The highest BCUT2D eigenvalue weighted by Gasteiger charge is 2.12. The molecule has 0 aliphatic carbocycles. The standard InChI is InChI=1S/C12H11ClN2O2/c1-7-5-9(13)3-4-10(7)15-12(16)11-6-14-8(2)17-11/h3-6H,1-2H3,(H,15,16). The minimum Gasteiger partial charge on any atom is -0.436 e. The molecule has 2 rings (SSSR count). The summed E-state index contributed by atoms with van der Waals surface area (Å²) in [6, 6.07) is 5.25. The fraction of sp³-hybridized carbons (Fsp3) is 0.167. The lowest BCUT2D eigenvalue weighted by Crippen LogP contribution is -2.11. The second-order valence-corrected chi connectivity index (χ2v) is 4.09. The van der Waals surface area contributed by atoms with Crippen molar-refractivity contribution in [3.63, 3.8) is 0 Å². The van der Waals surface area contributed by atoms with E-state index in [9.17, 15) is 4.79 Å². The van der Waals surface area contributed by atoms with E-state index >= 15 is 0 Å². The molecule has 1 aromatic carbocycles. The summed E-state index contributed by atoms with van der Waals surface area (Å²) < 4.78 is 5.13. The first-order valence-electron chi connectivity index (χ1n) is 5.06. The van der Waals surface area contributed by atoms with Gasteiger partial charge in [-0.3, -0.25) is 4.79 Å². The summed E-state index contributed by atoms with van der Waals surface area (Å²) in [4.78, 5) is 15.7. The number of aromatic nitrogens is 1. The molecule has 1 aromatic heterocycles. The molecule has 2 aromatic rings. The Morgan fingerprint density at radius 2 is 2.18 bits per heavy atom. The normalized spacial score (nSPS) is 10.3. The quantitative estimate of drug-likeness (QED) is 0.891. The Labute approximate surface area is 104 Å². The molecule has 4 nitrogen and oxygen atoms in total. The van der Waals surface area contributed by atoms with Crippen LogP contribution in [0.1, 0.15) is 22.0 Å². The predicted octanol–water partition coefficient (Wildman–Crippen LogP) is 3.20. The van der Waals surface area contributed by atoms with Crippen molar-refractivity contribution >= 4 is 23.2 Å². The zero-order chi connectivity index (χ0) is 12.4. The van der Waals surface area contributed by atoms with Gasteiger partial charge in [-0.25, -0.2) is 4.98 Å². The summed E-state index contributed by atoms with van der Waals surface area (Å²) in [5, 5.41) is 3.37. The van der Waals surface area contributed by atoms with Crippen LogP contribution in [0.5, 0.6) is 0 Å². The Morgan fingerprint density at radius 3 is 2.76 bits per heavy atom. The highest BCUT2D eigenvalue weighted by molar-refractivity contribution is 6.30. The summed E-state index contributed by atoms with van der Waals surface area (Å²) in [5.74, 6) is 0.329. The third kappa shape index (κ3) is 2.65. The van der Waals surface area contributed by atoms with E-state index in [1.54, 1.807) is 25.1 Å². The van der Waals surface area contributed by atoms with E-state index in [4.69, 9.17) is 16.0 Å².